The van der Waals surface area contributed by atoms with Crippen molar-refractivity contribution in [1.82, 2.24) is 14.9 Å². The normalized spacial score (nSPS) is 12.7. The van der Waals surface area contributed by atoms with Crippen molar-refractivity contribution in [3.8, 4) is 0 Å². The summed E-state index contributed by atoms with van der Waals surface area (Å²) >= 11 is 5.90. The first-order valence-electron chi connectivity index (χ1n) is 5.23. The molecule has 1 aromatic heterocycles. The van der Waals surface area contributed by atoms with Crippen molar-refractivity contribution >= 4 is 11.6 Å². The molecule has 2 rings (SSSR count). The van der Waals surface area contributed by atoms with E-state index < -0.39 is 0 Å². The van der Waals surface area contributed by atoms with E-state index in [1.54, 1.807) is 19.3 Å². The molecule has 0 aliphatic rings. The highest BCUT2D eigenvalue weighted by Crippen LogP contribution is 2.25. The highest BCUT2D eigenvalue weighted by atomic mass is 35.5. The lowest BCUT2D eigenvalue weighted by atomic mass is 10.1. The fourth-order valence-electron chi connectivity index (χ4n) is 1.81. The summed E-state index contributed by atoms with van der Waals surface area (Å²) in [6.45, 7) is 0. The van der Waals surface area contributed by atoms with Crippen LogP contribution in [-0.4, -0.2) is 16.6 Å². The van der Waals surface area contributed by atoms with Crippen LogP contribution in [0.15, 0.2) is 30.6 Å². The highest BCUT2D eigenvalue weighted by molar-refractivity contribution is 6.30. The van der Waals surface area contributed by atoms with Gasteiger partial charge >= 0.3 is 0 Å². The fraction of sp³-hybridized carbons (Fsp3) is 0.250. The fourth-order valence-corrected chi connectivity index (χ4v) is 2.00. The maximum atomic E-state index is 13.8. The third-order valence-electron chi connectivity index (χ3n) is 2.67. The van der Waals surface area contributed by atoms with Crippen LogP contribution in [0.4, 0.5) is 4.39 Å². The second-order valence-corrected chi connectivity index (χ2v) is 4.22. The van der Waals surface area contributed by atoms with E-state index in [4.69, 9.17) is 11.6 Å². The molecule has 5 heteroatoms. The lowest BCUT2D eigenvalue weighted by Crippen LogP contribution is -2.22. The molecule has 1 aromatic carbocycles. The van der Waals surface area contributed by atoms with Crippen LogP contribution < -0.4 is 5.32 Å². The van der Waals surface area contributed by atoms with Crippen LogP contribution in [-0.2, 0) is 7.05 Å². The average Bonchev–Trinajstić information content (AvgIpc) is 2.71. The SMILES string of the molecule is CNC(c1cc(Cl)ccc1F)c1nccn1C. The summed E-state index contributed by atoms with van der Waals surface area (Å²) in [5.74, 6) is 0.449. The maximum absolute atomic E-state index is 13.8. The zero-order chi connectivity index (χ0) is 12.4. The first-order valence-corrected chi connectivity index (χ1v) is 5.60. The topological polar surface area (TPSA) is 29.9 Å². The van der Waals surface area contributed by atoms with E-state index in [-0.39, 0.29) is 11.9 Å². The van der Waals surface area contributed by atoms with Gasteiger partial charge in [0.1, 0.15) is 11.6 Å². The van der Waals surface area contributed by atoms with Gasteiger partial charge < -0.3 is 9.88 Å². The molecule has 1 heterocycles. The third kappa shape index (κ3) is 2.33. The molecular weight excluding hydrogens is 241 g/mol. The molecule has 1 unspecified atom stereocenters. The van der Waals surface area contributed by atoms with Gasteiger partial charge in [-0.2, -0.15) is 0 Å². The van der Waals surface area contributed by atoms with Crippen molar-refractivity contribution in [1.29, 1.82) is 0 Å². The Balaban J connectivity index is 2.49. The van der Waals surface area contributed by atoms with Crippen LogP contribution in [0, 0.1) is 5.82 Å². The molecule has 0 spiro atoms. The zero-order valence-electron chi connectivity index (χ0n) is 9.61. The van der Waals surface area contributed by atoms with Crippen molar-refractivity contribution in [3.63, 3.8) is 0 Å². The zero-order valence-corrected chi connectivity index (χ0v) is 10.4. The Labute approximate surface area is 104 Å². The molecule has 0 saturated heterocycles. The molecule has 17 heavy (non-hydrogen) atoms. The molecule has 3 nitrogen and oxygen atoms in total. The number of rotatable bonds is 3. The van der Waals surface area contributed by atoms with Gasteiger partial charge in [-0.1, -0.05) is 11.6 Å². The van der Waals surface area contributed by atoms with Gasteiger partial charge in [-0.05, 0) is 25.2 Å². The molecule has 0 amide bonds. The lowest BCUT2D eigenvalue weighted by Gasteiger charge is -2.17. The van der Waals surface area contributed by atoms with E-state index in [1.807, 2.05) is 17.8 Å². The average molecular weight is 254 g/mol. The van der Waals surface area contributed by atoms with E-state index in [0.29, 0.717) is 10.6 Å². The van der Waals surface area contributed by atoms with Gasteiger partial charge in [0.25, 0.3) is 0 Å². The van der Waals surface area contributed by atoms with E-state index >= 15 is 0 Å². The van der Waals surface area contributed by atoms with E-state index in [2.05, 4.69) is 10.3 Å². The van der Waals surface area contributed by atoms with Crippen LogP contribution in [0.5, 0.6) is 0 Å². The molecule has 0 bridgehead atoms. The second kappa shape index (κ2) is 4.85. The predicted octanol–water partition coefficient (Wildman–Crippen LogP) is 2.52. The Hall–Kier alpha value is -1.39. The summed E-state index contributed by atoms with van der Waals surface area (Å²) in [5, 5.41) is 3.56. The van der Waals surface area contributed by atoms with Gasteiger partial charge in [-0.25, -0.2) is 9.37 Å². The number of aromatic nitrogens is 2. The number of nitrogens with one attached hydrogen (secondary N) is 1. The largest absolute Gasteiger partial charge is 0.336 e. The third-order valence-corrected chi connectivity index (χ3v) is 2.91. The minimum Gasteiger partial charge on any atom is -0.336 e. The quantitative estimate of drug-likeness (QED) is 0.911. The van der Waals surface area contributed by atoms with Gasteiger partial charge in [0, 0.05) is 30.0 Å². The van der Waals surface area contributed by atoms with E-state index in [1.165, 1.54) is 12.1 Å². The Morgan fingerprint density at radius 1 is 1.47 bits per heavy atom. The van der Waals surface area contributed by atoms with Crippen molar-refractivity contribution in [3.05, 3.63) is 52.8 Å². The summed E-state index contributed by atoms with van der Waals surface area (Å²) in [5.41, 5.74) is 0.495. The number of halogens is 2. The van der Waals surface area contributed by atoms with E-state index in [9.17, 15) is 4.39 Å². The van der Waals surface area contributed by atoms with Crippen molar-refractivity contribution in [2.75, 3.05) is 7.05 Å². The van der Waals surface area contributed by atoms with Crippen molar-refractivity contribution in [2.24, 2.45) is 7.05 Å². The summed E-state index contributed by atoms with van der Waals surface area (Å²) in [6, 6.07) is 4.21. The van der Waals surface area contributed by atoms with Crippen molar-refractivity contribution in [2.45, 2.75) is 6.04 Å². The first-order chi connectivity index (χ1) is 8.13. The molecule has 0 aliphatic carbocycles. The molecule has 2 aromatic rings. The van der Waals surface area contributed by atoms with Gasteiger partial charge in [-0.15, -0.1) is 0 Å². The minimum atomic E-state index is -0.311. The standard InChI is InChI=1S/C12H13ClFN3/c1-15-11(12-16-5-6-17(12)2)9-7-8(13)3-4-10(9)14/h3-7,11,15H,1-2H3. The Morgan fingerprint density at radius 2 is 2.24 bits per heavy atom. The molecule has 0 saturated carbocycles. The maximum Gasteiger partial charge on any atom is 0.130 e. The van der Waals surface area contributed by atoms with Crippen LogP contribution in [0.2, 0.25) is 5.02 Å². The molecular formula is C12H13ClFN3. The van der Waals surface area contributed by atoms with Crippen molar-refractivity contribution < 1.29 is 4.39 Å². The molecule has 0 fully saturated rings. The monoisotopic (exact) mass is 253 g/mol. The number of aryl methyl sites for hydroxylation is 1. The Bertz CT molecular complexity index is 524. The van der Waals surface area contributed by atoms with Gasteiger partial charge in [0.05, 0.1) is 6.04 Å². The lowest BCUT2D eigenvalue weighted by molar-refractivity contribution is 0.553. The van der Waals surface area contributed by atoms with Gasteiger partial charge in [-0.3, -0.25) is 0 Å². The molecule has 1 atom stereocenters. The molecule has 1 N–H and O–H groups in total. The number of hydrogen-bond donors (Lipinski definition) is 1. The smallest absolute Gasteiger partial charge is 0.130 e. The molecule has 0 radical (unpaired) electrons. The van der Waals surface area contributed by atoms with Crippen LogP contribution in [0.1, 0.15) is 17.4 Å². The Kier molecular flexibility index (Phi) is 3.45. The van der Waals surface area contributed by atoms with Gasteiger partial charge in [0.15, 0.2) is 0 Å². The summed E-state index contributed by atoms with van der Waals surface area (Å²) in [6.07, 6.45) is 3.50. The summed E-state index contributed by atoms with van der Waals surface area (Å²) in [7, 11) is 3.63. The predicted molar refractivity (Wildman–Crippen MR) is 65.5 cm³/mol. The molecule has 0 aliphatic heterocycles. The van der Waals surface area contributed by atoms with Crippen LogP contribution in [0.3, 0.4) is 0 Å². The summed E-state index contributed by atoms with van der Waals surface area (Å²) < 4.78 is 15.6. The van der Waals surface area contributed by atoms with Gasteiger partial charge in [0.2, 0.25) is 0 Å². The van der Waals surface area contributed by atoms with E-state index in [0.717, 1.165) is 5.82 Å². The van der Waals surface area contributed by atoms with Crippen LogP contribution in [0.25, 0.3) is 0 Å². The number of imidazole rings is 1. The second-order valence-electron chi connectivity index (χ2n) is 3.78. The molecule has 90 valence electrons. The Morgan fingerprint density at radius 3 is 2.82 bits per heavy atom. The number of nitrogens with zero attached hydrogens (tertiary/aromatic N) is 2. The number of hydrogen-bond acceptors (Lipinski definition) is 2. The minimum absolute atomic E-state index is 0.295. The highest BCUT2D eigenvalue weighted by Gasteiger charge is 2.19. The first kappa shape index (κ1) is 12.1. The summed E-state index contributed by atoms with van der Waals surface area (Å²) in [4.78, 5) is 4.22. The van der Waals surface area contributed by atoms with Crippen LogP contribution >= 0.6 is 11.6 Å². The number of benzene rings is 1.